The molecule has 0 bridgehead atoms. The topological polar surface area (TPSA) is 41.5 Å². The fourth-order valence-corrected chi connectivity index (χ4v) is 2.39. The summed E-state index contributed by atoms with van der Waals surface area (Å²) in [7, 11) is 1.88. The number of nitrogens with one attached hydrogen (secondary N) is 1. The number of aliphatic hydroxyl groups excluding tert-OH is 1. The van der Waals surface area contributed by atoms with Crippen LogP contribution in [0.15, 0.2) is 18.2 Å². The van der Waals surface area contributed by atoms with Crippen molar-refractivity contribution in [1.82, 2.24) is 5.32 Å². The van der Waals surface area contributed by atoms with Gasteiger partial charge >= 0.3 is 0 Å². The summed E-state index contributed by atoms with van der Waals surface area (Å²) in [6, 6.07) is 5.59. The van der Waals surface area contributed by atoms with E-state index in [9.17, 15) is 5.11 Å². The zero-order valence-electron chi connectivity index (χ0n) is 9.95. The van der Waals surface area contributed by atoms with E-state index < -0.39 is 0 Å². The van der Waals surface area contributed by atoms with Crippen LogP contribution in [0.3, 0.4) is 0 Å². The van der Waals surface area contributed by atoms with Crippen molar-refractivity contribution >= 4 is 11.6 Å². The van der Waals surface area contributed by atoms with E-state index in [1.54, 1.807) is 0 Å². The Morgan fingerprint density at radius 3 is 2.94 bits per heavy atom. The van der Waals surface area contributed by atoms with Crippen LogP contribution in [0, 0.1) is 0 Å². The van der Waals surface area contributed by atoms with Crippen molar-refractivity contribution in [2.75, 3.05) is 7.05 Å². The Bertz CT molecular complexity index is 384. The van der Waals surface area contributed by atoms with Crippen molar-refractivity contribution in [1.29, 1.82) is 0 Å². The number of aliphatic hydroxyl groups is 1. The maximum absolute atomic E-state index is 9.76. The van der Waals surface area contributed by atoms with Crippen LogP contribution in [0.5, 0.6) is 5.75 Å². The highest BCUT2D eigenvalue weighted by Crippen LogP contribution is 2.28. The van der Waals surface area contributed by atoms with Crippen molar-refractivity contribution in [3.8, 4) is 5.75 Å². The van der Waals surface area contributed by atoms with Gasteiger partial charge in [0.05, 0.1) is 6.10 Å². The van der Waals surface area contributed by atoms with Crippen molar-refractivity contribution in [3.63, 3.8) is 0 Å². The van der Waals surface area contributed by atoms with Crippen LogP contribution in [0.4, 0.5) is 0 Å². The third kappa shape index (κ3) is 3.12. The van der Waals surface area contributed by atoms with Crippen molar-refractivity contribution in [2.45, 2.75) is 38.0 Å². The zero-order chi connectivity index (χ0) is 12.3. The first-order valence-electron chi connectivity index (χ1n) is 5.98. The minimum atomic E-state index is -0.340. The Morgan fingerprint density at radius 1 is 1.47 bits per heavy atom. The van der Waals surface area contributed by atoms with Crippen LogP contribution < -0.4 is 10.1 Å². The molecule has 94 valence electrons. The summed E-state index contributed by atoms with van der Waals surface area (Å²) in [5, 5.41) is 13.5. The molecule has 4 heteroatoms. The molecule has 2 N–H and O–H groups in total. The van der Waals surface area contributed by atoms with Crippen molar-refractivity contribution in [2.24, 2.45) is 0 Å². The van der Waals surface area contributed by atoms with Crippen LogP contribution in [0.25, 0.3) is 0 Å². The Hall–Kier alpha value is -0.770. The first-order valence-corrected chi connectivity index (χ1v) is 6.36. The molecule has 3 nitrogen and oxygen atoms in total. The molecular weight excluding hydrogens is 238 g/mol. The number of hydrogen-bond acceptors (Lipinski definition) is 3. The third-order valence-electron chi connectivity index (χ3n) is 3.09. The van der Waals surface area contributed by atoms with Crippen molar-refractivity contribution < 1.29 is 9.84 Å². The summed E-state index contributed by atoms with van der Waals surface area (Å²) < 4.78 is 5.88. The predicted octanol–water partition coefficient (Wildman–Crippen LogP) is 2.35. The largest absolute Gasteiger partial charge is 0.487 e. The molecule has 0 aromatic heterocycles. The molecule has 2 rings (SSSR count). The van der Waals surface area contributed by atoms with Crippen LogP contribution >= 0.6 is 11.6 Å². The van der Waals surface area contributed by atoms with Gasteiger partial charge in [0.2, 0.25) is 0 Å². The van der Waals surface area contributed by atoms with Crippen LogP contribution in [0.1, 0.15) is 24.8 Å². The SMILES string of the molecule is CNCc1cc(Cl)ccc1OC1CCCC1O. The molecule has 1 aromatic carbocycles. The second kappa shape index (κ2) is 5.71. The zero-order valence-corrected chi connectivity index (χ0v) is 10.7. The first kappa shape index (κ1) is 12.7. The molecule has 1 aliphatic rings. The van der Waals surface area contributed by atoms with E-state index in [-0.39, 0.29) is 12.2 Å². The maximum atomic E-state index is 9.76. The molecule has 0 heterocycles. The molecule has 1 saturated carbocycles. The summed E-state index contributed by atoms with van der Waals surface area (Å²) in [6.07, 6.45) is 2.36. The second-order valence-electron chi connectivity index (χ2n) is 4.44. The van der Waals surface area contributed by atoms with E-state index in [0.717, 1.165) is 30.6 Å². The predicted molar refractivity (Wildman–Crippen MR) is 68.5 cm³/mol. The van der Waals surface area contributed by atoms with Gasteiger partial charge in [-0.15, -0.1) is 0 Å². The minimum absolute atomic E-state index is 0.0771. The van der Waals surface area contributed by atoms with Gasteiger partial charge < -0.3 is 15.2 Å². The molecule has 17 heavy (non-hydrogen) atoms. The summed E-state index contributed by atoms with van der Waals surface area (Å²) >= 11 is 5.97. The van der Waals surface area contributed by atoms with Gasteiger partial charge in [-0.25, -0.2) is 0 Å². The Kier molecular flexibility index (Phi) is 4.26. The molecule has 0 radical (unpaired) electrons. The summed E-state index contributed by atoms with van der Waals surface area (Å²) in [6.45, 7) is 0.707. The number of hydrogen-bond donors (Lipinski definition) is 2. The van der Waals surface area contributed by atoms with Crippen LogP contribution in [-0.4, -0.2) is 24.4 Å². The lowest BCUT2D eigenvalue weighted by molar-refractivity contribution is 0.0597. The Morgan fingerprint density at radius 2 is 2.29 bits per heavy atom. The lowest BCUT2D eigenvalue weighted by atomic mass is 10.2. The van der Waals surface area contributed by atoms with Gasteiger partial charge in [-0.2, -0.15) is 0 Å². The molecule has 1 fully saturated rings. The van der Waals surface area contributed by atoms with Crippen LogP contribution in [0.2, 0.25) is 5.02 Å². The molecule has 1 aromatic rings. The number of ether oxygens (including phenoxy) is 1. The van der Waals surface area contributed by atoms with Gasteiger partial charge in [0, 0.05) is 17.1 Å². The quantitative estimate of drug-likeness (QED) is 0.868. The summed E-state index contributed by atoms with van der Waals surface area (Å²) in [5.41, 5.74) is 1.03. The van der Waals surface area contributed by atoms with E-state index in [1.165, 1.54) is 0 Å². The standard InChI is InChI=1S/C13H18ClNO2/c1-15-8-9-7-10(14)5-6-12(9)17-13-4-2-3-11(13)16/h5-7,11,13,15-16H,2-4,8H2,1H3. The minimum Gasteiger partial charge on any atom is -0.487 e. The van der Waals surface area contributed by atoms with Gasteiger partial charge in [-0.3, -0.25) is 0 Å². The highest BCUT2D eigenvalue weighted by atomic mass is 35.5. The van der Waals surface area contributed by atoms with Gasteiger partial charge in [-0.1, -0.05) is 11.6 Å². The Balaban J connectivity index is 2.13. The van der Waals surface area contributed by atoms with Gasteiger partial charge in [0.1, 0.15) is 11.9 Å². The molecule has 0 aliphatic heterocycles. The molecule has 2 unspecified atom stereocenters. The van der Waals surface area contributed by atoms with Gasteiger partial charge in [0.15, 0.2) is 0 Å². The summed E-state index contributed by atoms with van der Waals surface area (Å²) in [4.78, 5) is 0. The molecule has 0 saturated heterocycles. The first-order chi connectivity index (χ1) is 8.20. The number of rotatable bonds is 4. The maximum Gasteiger partial charge on any atom is 0.124 e. The average Bonchev–Trinajstić information content (AvgIpc) is 2.69. The number of benzene rings is 1. The monoisotopic (exact) mass is 255 g/mol. The number of halogens is 1. The lowest BCUT2D eigenvalue weighted by Crippen LogP contribution is -2.26. The van der Waals surface area contributed by atoms with E-state index in [0.29, 0.717) is 11.6 Å². The molecular formula is C13H18ClNO2. The molecule has 0 amide bonds. The molecule has 2 atom stereocenters. The second-order valence-corrected chi connectivity index (χ2v) is 4.87. The van der Waals surface area contributed by atoms with Gasteiger partial charge in [-0.05, 0) is 44.5 Å². The fourth-order valence-electron chi connectivity index (χ4n) is 2.20. The summed E-state index contributed by atoms with van der Waals surface area (Å²) in [5.74, 6) is 0.815. The smallest absolute Gasteiger partial charge is 0.124 e. The lowest BCUT2D eigenvalue weighted by Gasteiger charge is -2.19. The normalized spacial score (nSPS) is 23.9. The van der Waals surface area contributed by atoms with Gasteiger partial charge in [0.25, 0.3) is 0 Å². The average molecular weight is 256 g/mol. The fraction of sp³-hybridized carbons (Fsp3) is 0.538. The molecule has 1 aliphatic carbocycles. The highest BCUT2D eigenvalue weighted by molar-refractivity contribution is 6.30. The van der Waals surface area contributed by atoms with E-state index in [1.807, 2.05) is 25.2 Å². The van der Waals surface area contributed by atoms with E-state index in [2.05, 4.69) is 5.32 Å². The highest BCUT2D eigenvalue weighted by Gasteiger charge is 2.27. The molecule has 0 spiro atoms. The Labute approximate surface area is 107 Å². The van der Waals surface area contributed by atoms with E-state index in [4.69, 9.17) is 16.3 Å². The van der Waals surface area contributed by atoms with Crippen molar-refractivity contribution in [3.05, 3.63) is 28.8 Å². The van der Waals surface area contributed by atoms with Crippen LogP contribution in [-0.2, 0) is 6.54 Å². The van der Waals surface area contributed by atoms with E-state index >= 15 is 0 Å². The third-order valence-corrected chi connectivity index (χ3v) is 3.32.